The van der Waals surface area contributed by atoms with Gasteiger partial charge in [-0.25, -0.2) is 14.2 Å². The van der Waals surface area contributed by atoms with Crippen molar-refractivity contribution in [2.45, 2.75) is 5.67 Å². The molecule has 0 aromatic carbocycles. The lowest BCUT2D eigenvalue weighted by atomic mass is 10.1. The first-order valence-corrected chi connectivity index (χ1v) is 2.66. The molecule has 0 aromatic rings. The van der Waals surface area contributed by atoms with E-state index in [2.05, 4.69) is 11.4 Å². The summed E-state index contributed by atoms with van der Waals surface area (Å²) in [6.45, 7) is 0. The fourth-order valence-corrected chi connectivity index (χ4v) is 0.529. The first-order valence-electron chi connectivity index (χ1n) is 2.66. The van der Waals surface area contributed by atoms with Gasteiger partial charge in [0.1, 0.15) is 0 Å². The van der Waals surface area contributed by atoms with Gasteiger partial charge in [-0.05, 0) is 0 Å². The third-order valence-electron chi connectivity index (χ3n) is 1.12. The summed E-state index contributed by atoms with van der Waals surface area (Å²) in [5, 5.41) is 1.63. The molecule has 4 nitrogen and oxygen atoms in total. The number of amides is 3. The molecule has 1 aliphatic heterocycles. The quantitative estimate of drug-likeness (QED) is 0.485. The van der Waals surface area contributed by atoms with Crippen molar-refractivity contribution in [2.24, 2.45) is 4.99 Å². The molecule has 1 atom stereocenters. The molecule has 0 aromatic heterocycles. The average Bonchev–Trinajstić information content (AvgIpc) is 1.98. The predicted molar refractivity (Wildman–Crippen MR) is 34.7 cm³/mol. The third-order valence-corrected chi connectivity index (χ3v) is 1.12. The Hall–Kier alpha value is -1.70. The van der Waals surface area contributed by atoms with Crippen LogP contribution in [0.2, 0.25) is 0 Å². The molecule has 56 valence electrons. The highest BCUT2D eigenvalue weighted by atomic mass is 19.1. The fraction of sp³-hybridized carbons (Fsp3) is 0.167. The van der Waals surface area contributed by atoms with Crippen molar-refractivity contribution in [1.29, 1.82) is 0 Å². The molecule has 0 aliphatic carbocycles. The Morgan fingerprint density at radius 1 is 1.73 bits per heavy atom. The maximum atomic E-state index is 12.9. The third kappa shape index (κ3) is 1.10. The number of hydrogen-bond donors (Lipinski definition) is 1. The summed E-state index contributed by atoms with van der Waals surface area (Å²) in [5.41, 5.74) is -2.58. The topological polar surface area (TPSA) is 58.5 Å². The number of nitrogens with zero attached hydrogens (tertiary/aromatic N) is 1. The Labute approximate surface area is 61.5 Å². The van der Waals surface area contributed by atoms with Gasteiger partial charge in [-0.15, -0.1) is 6.42 Å². The molecule has 11 heavy (non-hydrogen) atoms. The molecule has 1 aliphatic rings. The number of carbonyl (C=O) groups excluding carboxylic acids is 2. The molecule has 1 N–H and O–H groups in total. The lowest BCUT2D eigenvalue weighted by Gasteiger charge is -2.15. The highest BCUT2D eigenvalue weighted by molar-refractivity contribution is 6.16. The number of halogens is 1. The average molecular weight is 154 g/mol. The van der Waals surface area contributed by atoms with E-state index in [0.29, 0.717) is 6.21 Å². The van der Waals surface area contributed by atoms with Crippen molar-refractivity contribution in [3.63, 3.8) is 0 Å². The summed E-state index contributed by atoms with van der Waals surface area (Å²) in [4.78, 5) is 23.9. The normalized spacial score (nSPS) is 29.5. The number of carbonyl (C=O) groups is 2. The minimum atomic E-state index is -2.58. The highest BCUT2D eigenvalue weighted by Gasteiger charge is 2.38. The number of nitrogens with one attached hydrogen (secondary N) is 1. The zero-order chi connectivity index (χ0) is 8.48. The zero-order valence-electron chi connectivity index (χ0n) is 5.30. The Morgan fingerprint density at radius 3 is 2.82 bits per heavy atom. The second-order valence-corrected chi connectivity index (χ2v) is 1.87. The van der Waals surface area contributed by atoms with Gasteiger partial charge < -0.3 is 0 Å². The fourth-order valence-electron chi connectivity index (χ4n) is 0.529. The lowest BCUT2D eigenvalue weighted by molar-refractivity contribution is -0.125. The van der Waals surface area contributed by atoms with Crippen LogP contribution in [0.3, 0.4) is 0 Å². The molecule has 0 bridgehead atoms. The van der Waals surface area contributed by atoms with Crippen LogP contribution in [-0.2, 0) is 4.79 Å². The van der Waals surface area contributed by atoms with Gasteiger partial charge in [0.15, 0.2) is 0 Å². The lowest BCUT2D eigenvalue weighted by Crippen LogP contribution is -2.49. The standard InChI is InChI=1S/C6H3FN2O2/c1-2-6(7)3-8-5(11)9-4(6)10/h1,3H,(H,9,10,11). The number of rotatable bonds is 0. The molecule has 1 rings (SSSR count). The van der Waals surface area contributed by atoms with Crippen LogP contribution in [0, 0.1) is 12.3 Å². The molecular formula is C6H3FN2O2. The first kappa shape index (κ1) is 7.41. The molecule has 0 spiro atoms. The Balaban J connectivity index is 3.04. The molecule has 3 amide bonds. The van der Waals surface area contributed by atoms with Crippen molar-refractivity contribution in [3.8, 4) is 12.3 Å². The van der Waals surface area contributed by atoms with E-state index in [1.165, 1.54) is 0 Å². The van der Waals surface area contributed by atoms with E-state index in [1.807, 2.05) is 0 Å². The van der Waals surface area contributed by atoms with Gasteiger partial charge in [0.25, 0.3) is 11.6 Å². The van der Waals surface area contributed by atoms with Crippen molar-refractivity contribution in [2.75, 3.05) is 0 Å². The second kappa shape index (κ2) is 2.16. The van der Waals surface area contributed by atoms with Crippen molar-refractivity contribution in [1.82, 2.24) is 5.32 Å². The van der Waals surface area contributed by atoms with Crippen LogP contribution in [0.4, 0.5) is 9.18 Å². The zero-order valence-corrected chi connectivity index (χ0v) is 5.30. The first-order chi connectivity index (χ1) is 5.08. The SMILES string of the molecule is C#CC1(F)C=NC(=O)NC1=O. The second-order valence-electron chi connectivity index (χ2n) is 1.87. The van der Waals surface area contributed by atoms with Crippen LogP contribution in [0.1, 0.15) is 0 Å². The summed E-state index contributed by atoms with van der Waals surface area (Å²) in [6.07, 6.45) is 5.19. The van der Waals surface area contributed by atoms with E-state index in [4.69, 9.17) is 0 Å². The van der Waals surface area contributed by atoms with Crippen molar-refractivity contribution >= 4 is 18.2 Å². The molecule has 0 saturated carbocycles. The highest BCUT2D eigenvalue weighted by Crippen LogP contribution is 2.09. The summed E-state index contributed by atoms with van der Waals surface area (Å²) in [6, 6.07) is -0.904. The van der Waals surface area contributed by atoms with Gasteiger partial charge in [0, 0.05) is 0 Å². The van der Waals surface area contributed by atoms with E-state index < -0.39 is 17.6 Å². The Morgan fingerprint density at radius 2 is 2.36 bits per heavy atom. The number of urea groups is 1. The van der Waals surface area contributed by atoms with Crippen LogP contribution in [0.15, 0.2) is 4.99 Å². The van der Waals surface area contributed by atoms with Gasteiger partial charge in [0.2, 0.25) is 0 Å². The molecule has 0 fully saturated rings. The van der Waals surface area contributed by atoms with E-state index in [9.17, 15) is 14.0 Å². The van der Waals surface area contributed by atoms with Gasteiger partial charge in [-0.3, -0.25) is 10.1 Å². The molecule has 0 radical (unpaired) electrons. The minimum Gasteiger partial charge on any atom is -0.272 e. The van der Waals surface area contributed by atoms with Crippen LogP contribution in [-0.4, -0.2) is 23.8 Å². The molecule has 0 saturated heterocycles. The smallest absolute Gasteiger partial charge is 0.272 e. The molecule has 1 unspecified atom stereocenters. The van der Waals surface area contributed by atoms with Crippen molar-refractivity contribution in [3.05, 3.63) is 0 Å². The van der Waals surface area contributed by atoms with Crippen LogP contribution < -0.4 is 5.32 Å². The van der Waals surface area contributed by atoms with Gasteiger partial charge >= 0.3 is 6.03 Å². The number of hydrogen-bond acceptors (Lipinski definition) is 2. The number of alkyl halides is 1. The maximum absolute atomic E-state index is 12.9. The largest absolute Gasteiger partial charge is 0.347 e. The molecule has 5 heteroatoms. The van der Waals surface area contributed by atoms with Gasteiger partial charge in [-0.2, -0.15) is 0 Å². The monoisotopic (exact) mass is 154 g/mol. The molecular weight excluding hydrogens is 151 g/mol. The van der Waals surface area contributed by atoms with E-state index >= 15 is 0 Å². The summed E-state index contributed by atoms with van der Waals surface area (Å²) in [7, 11) is 0. The van der Waals surface area contributed by atoms with E-state index in [0.717, 1.165) is 0 Å². The summed E-state index contributed by atoms with van der Waals surface area (Å²) in [5.74, 6) is 0.404. The Bertz CT molecular complexity index is 291. The number of imide groups is 1. The Kier molecular flexibility index (Phi) is 1.46. The minimum absolute atomic E-state index is 0.508. The number of terminal acetylenes is 1. The van der Waals surface area contributed by atoms with Crippen LogP contribution in [0.25, 0.3) is 0 Å². The van der Waals surface area contributed by atoms with E-state index in [-0.39, 0.29) is 0 Å². The van der Waals surface area contributed by atoms with E-state index in [1.54, 1.807) is 11.2 Å². The predicted octanol–water partition coefficient (Wildman–Crippen LogP) is -0.352. The van der Waals surface area contributed by atoms with Crippen LogP contribution in [0.5, 0.6) is 0 Å². The summed E-state index contributed by atoms with van der Waals surface area (Å²) < 4.78 is 12.9. The van der Waals surface area contributed by atoms with Crippen molar-refractivity contribution < 1.29 is 14.0 Å². The van der Waals surface area contributed by atoms with Gasteiger partial charge in [-0.1, -0.05) is 5.92 Å². The summed E-state index contributed by atoms with van der Waals surface area (Å²) >= 11 is 0. The van der Waals surface area contributed by atoms with Gasteiger partial charge in [0.05, 0.1) is 6.21 Å². The number of aliphatic imine (C=N–C) groups is 1. The molecule has 1 heterocycles. The van der Waals surface area contributed by atoms with Crippen LogP contribution >= 0.6 is 0 Å². The maximum Gasteiger partial charge on any atom is 0.347 e.